The van der Waals surface area contributed by atoms with Crippen molar-refractivity contribution in [2.24, 2.45) is 0 Å². The van der Waals surface area contributed by atoms with Gasteiger partial charge in [0.25, 0.3) is 0 Å². The van der Waals surface area contributed by atoms with Crippen LogP contribution in [-0.2, 0) is 12.8 Å². The summed E-state index contributed by atoms with van der Waals surface area (Å²) in [5, 5.41) is 1.05. The van der Waals surface area contributed by atoms with E-state index in [1.807, 2.05) is 38.1 Å². The van der Waals surface area contributed by atoms with Crippen LogP contribution in [0.3, 0.4) is 0 Å². The summed E-state index contributed by atoms with van der Waals surface area (Å²) in [4.78, 5) is 12.7. The second-order valence-corrected chi connectivity index (χ2v) is 5.35. The van der Waals surface area contributed by atoms with E-state index in [-0.39, 0.29) is 5.78 Å². The van der Waals surface area contributed by atoms with Crippen LogP contribution in [0.15, 0.2) is 36.4 Å². The van der Waals surface area contributed by atoms with Crippen LogP contribution in [0.2, 0.25) is 10.0 Å². The second kappa shape index (κ2) is 6.43. The summed E-state index contributed by atoms with van der Waals surface area (Å²) < 4.78 is 0. The Morgan fingerprint density at radius 3 is 1.60 bits per heavy atom. The van der Waals surface area contributed by atoms with E-state index in [0.29, 0.717) is 21.2 Å². The first-order chi connectivity index (χ1) is 9.60. The molecule has 20 heavy (non-hydrogen) atoms. The summed E-state index contributed by atoms with van der Waals surface area (Å²) in [5.74, 6) is -0.120. The van der Waals surface area contributed by atoms with Gasteiger partial charge in [-0.3, -0.25) is 4.79 Å². The number of rotatable bonds is 4. The lowest BCUT2D eigenvalue weighted by atomic mass is 9.98. The Morgan fingerprint density at radius 1 is 0.850 bits per heavy atom. The molecule has 0 aromatic heterocycles. The van der Waals surface area contributed by atoms with E-state index in [1.54, 1.807) is 12.1 Å². The highest BCUT2D eigenvalue weighted by Crippen LogP contribution is 2.28. The molecule has 2 aromatic rings. The Hall–Kier alpha value is -1.31. The molecule has 0 aliphatic heterocycles. The normalized spacial score (nSPS) is 10.6. The molecule has 0 fully saturated rings. The number of halogens is 2. The van der Waals surface area contributed by atoms with Crippen LogP contribution in [0.4, 0.5) is 0 Å². The second-order valence-electron chi connectivity index (χ2n) is 4.59. The molecule has 0 N–H and O–H groups in total. The van der Waals surface area contributed by atoms with Crippen molar-refractivity contribution < 1.29 is 4.79 Å². The van der Waals surface area contributed by atoms with Crippen LogP contribution in [-0.4, -0.2) is 5.78 Å². The van der Waals surface area contributed by atoms with E-state index >= 15 is 0 Å². The van der Waals surface area contributed by atoms with E-state index in [1.165, 1.54) is 0 Å². The number of carbonyl (C=O) groups is 1. The monoisotopic (exact) mass is 306 g/mol. The van der Waals surface area contributed by atoms with Crippen molar-refractivity contribution in [1.29, 1.82) is 0 Å². The van der Waals surface area contributed by atoms with Gasteiger partial charge >= 0.3 is 0 Å². The minimum atomic E-state index is -0.120. The number of aryl methyl sites for hydroxylation is 2. The fourth-order valence-corrected chi connectivity index (χ4v) is 2.89. The van der Waals surface area contributed by atoms with Crippen molar-refractivity contribution >= 4 is 29.0 Å². The van der Waals surface area contributed by atoms with Gasteiger partial charge in [-0.25, -0.2) is 0 Å². The molecule has 0 aliphatic carbocycles. The lowest BCUT2D eigenvalue weighted by Gasteiger charge is -2.10. The van der Waals surface area contributed by atoms with Gasteiger partial charge in [-0.1, -0.05) is 61.3 Å². The summed E-state index contributed by atoms with van der Waals surface area (Å²) >= 11 is 12.6. The van der Waals surface area contributed by atoms with E-state index < -0.39 is 0 Å². The quantitative estimate of drug-likeness (QED) is 0.696. The molecule has 0 unspecified atom stereocenters. The SMILES string of the molecule is CCc1cccc(C(=O)c2cccc(CC)c2Cl)c1Cl. The molecule has 1 nitrogen and oxygen atoms in total. The standard InChI is InChI=1S/C17H16Cl2O/c1-3-11-7-5-9-13(15(11)18)17(20)14-10-6-8-12(4-2)16(14)19/h5-10H,3-4H2,1-2H3. The highest BCUT2D eigenvalue weighted by Gasteiger charge is 2.18. The number of ketones is 1. The zero-order valence-corrected chi connectivity index (χ0v) is 13.1. The maximum absolute atomic E-state index is 12.7. The van der Waals surface area contributed by atoms with Crippen LogP contribution in [0, 0.1) is 0 Å². The van der Waals surface area contributed by atoms with Crippen molar-refractivity contribution in [2.45, 2.75) is 26.7 Å². The predicted molar refractivity (Wildman–Crippen MR) is 85.1 cm³/mol. The summed E-state index contributed by atoms with van der Waals surface area (Å²) in [6.07, 6.45) is 1.59. The van der Waals surface area contributed by atoms with E-state index in [0.717, 1.165) is 24.0 Å². The lowest BCUT2D eigenvalue weighted by molar-refractivity contribution is 0.103. The molecular formula is C17H16Cl2O. The first-order valence-electron chi connectivity index (χ1n) is 6.69. The molecule has 0 saturated carbocycles. The summed E-state index contributed by atoms with van der Waals surface area (Å²) in [6, 6.07) is 11.1. The van der Waals surface area contributed by atoms with Crippen LogP contribution < -0.4 is 0 Å². The smallest absolute Gasteiger partial charge is 0.196 e. The molecule has 3 heteroatoms. The molecule has 0 aliphatic rings. The van der Waals surface area contributed by atoms with E-state index in [4.69, 9.17) is 23.2 Å². The Labute approximate surface area is 129 Å². The molecule has 0 radical (unpaired) electrons. The number of carbonyl (C=O) groups excluding carboxylic acids is 1. The molecule has 2 aromatic carbocycles. The fraction of sp³-hybridized carbons (Fsp3) is 0.235. The van der Waals surface area contributed by atoms with Gasteiger partial charge in [0.2, 0.25) is 0 Å². The van der Waals surface area contributed by atoms with E-state index in [2.05, 4.69) is 0 Å². The molecule has 0 saturated heterocycles. The molecule has 104 valence electrons. The predicted octanol–water partition coefficient (Wildman–Crippen LogP) is 5.35. The maximum Gasteiger partial charge on any atom is 0.196 e. The summed E-state index contributed by atoms with van der Waals surface area (Å²) in [7, 11) is 0. The molecule has 0 bridgehead atoms. The molecule has 0 amide bonds. The average Bonchev–Trinajstić information content (AvgIpc) is 2.47. The fourth-order valence-electron chi connectivity index (χ4n) is 2.20. The third kappa shape index (κ3) is 2.74. The number of benzene rings is 2. The highest BCUT2D eigenvalue weighted by molar-refractivity contribution is 6.38. The van der Waals surface area contributed by atoms with Crippen LogP contribution >= 0.6 is 23.2 Å². The van der Waals surface area contributed by atoms with Crippen LogP contribution in [0.1, 0.15) is 40.9 Å². The highest BCUT2D eigenvalue weighted by atomic mass is 35.5. The largest absolute Gasteiger partial charge is 0.288 e. The molecule has 0 atom stereocenters. The zero-order chi connectivity index (χ0) is 14.7. The van der Waals surface area contributed by atoms with Gasteiger partial charge in [0, 0.05) is 11.1 Å². The topological polar surface area (TPSA) is 17.1 Å². The molecule has 2 rings (SSSR count). The minimum Gasteiger partial charge on any atom is -0.288 e. The summed E-state index contributed by atoms with van der Waals surface area (Å²) in [5.41, 5.74) is 2.97. The van der Waals surface area contributed by atoms with Gasteiger partial charge in [-0.15, -0.1) is 0 Å². The third-order valence-electron chi connectivity index (χ3n) is 3.41. The number of hydrogen-bond acceptors (Lipinski definition) is 1. The van der Waals surface area contributed by atoms with Gasteiger partial charge in [-0.05, 0) is 36.1 Å². The van der Waals surface area contributed by atoms with Crippen molar-refractivity contribution in [1.82, 2.24) is 0 Å². The van der Waals surface area contributed by atoms with Gasteiger partial charge < -0.3 is 0 Å². The van der Waals surface area contributed by atoms with Gasteiger partial charge in [-0.2, -0.15) is 0 Å². The van der Waals surface area contributed by atoms with Crippen molar-refractivity contribution in [3.63, 3.8) is 0 Å². The number of hydrogen-bond donors (Lipinski definition) is 0. The summed E-state index contributed by atoms with van der Waals surface area (Å²) in [6.45, 7) is 4.03. The molecule has 0 heterocycles. The van der Waals surface area contributed by atoms with Crippen molar-refractivity contribution in [3.8, 4) is 0 Å². The first-order valence-corrected chi connectivity index (χ1v) is 7.45. The average molecular weight is 307 g/mol. The van der Waals surface area contributed by atoms with Crippen molar-refractivity contribution in [3.05, 3.63) is 68.7 Å². The zero-order valence-electron chi connectivity index (χ0n) is 11.5. The maximum atomic E-state index is 12.7. The molecule has 0 spiro atoms. The minimum absolute atomic E-state index is 0.120. The van der Waals surface area contributed by atoms with Gasteiger partial charge in [0.05, 0.1) is 10.0 Å². The Bertz CT molecular complexity index is 592. The lowest BCUT2D eigenvalue weighted by Crippen LogP contribution is -2.05. The van der Waals surface area contributed by atoms with E-state index in [9.17, 15) is 4.79 Å². The van der Waals surface area contributed by atoms with Crippen molar-refractivity contribution in [2.75, 3.05) is 0 Å². The third-order valence-corrected chi connectivity index (χ3v) is 4.30. The van der Waals surface area contributed by atoms with Crippen LogP contribution in [0.25, 0.3) is 0 Å². The van der Waals surface area contributed by atoms with Crippen LogP contribution in [0.5, 0.6) is 0 Å². The Kier molecular flexibility index (Phi) is 4.85. The van der Waals surface area contributed by atoms with Gasteiger partial charge in [0.15, 0.2) is 5.78 Å². The Balaban J connectivity index is 2.52. The first kappa shape index (κ1) is 15.1. The van der Waals surface area contributed by atoms with Gasteiger partial charge in [0.1, 0.15) is 0 Å². The Morgan fingerprint density at radius 2 is 1.25 bits per heavy atom. The molecular weight excluding hydrogens is 291 g/mol.